The number of amides is 1. The maximum Gasteiger partial charge on any atom is 0.356 e. The van der Waals surface area contributed by atoms with E-state index >= 15 is 0 Å². The van der Waals surface area contributed by atoms with Crippen molar-refractivity contribution in [1.29, 1.82) is 0 Å². The molecule has 3 aromatic rings. The summed E-state index contributed by atoms with van der Waals surface area (Å²) in [5, 5.41) is 14.9. The Labute approximate surface area is 163 Å². The van der Waals surface area contributed by atoms with E-state index in [-0.39, 0.29) is 27.1 Å². The molecule has 136 valence electrons. The molecule has 1 amide bonds. The first-order chi connectivity index (χ1) is 12.9. The SMILES string of the molecule is O=C(O)c1cncc(Nc2cc(NC(=O)c3c(Cl)cccc3Cl)ccn2)n1. The number of carboxylic acid groups (broad SMARTS) is 1. The molecule has 1 aromatic carbocycles. The van der Waals surface area contributed by atoms with E-state index in [4.69, 9.17) is 28.3 Å². The van der Waals surface area contributed by atoms with Crippen molar-refractivity contribution in [3.63, 3.8) is 0 Å². The number of aromatic nitrogens is 3. The van der Waals surface area contributed by atoms with Crippen LogP contribution in [0.3, 0.4) is 0 Å². The van der Waals surface area contributed by atoms with Crippen LogP contribution in [-0.2, 0) is 0 Å². The highest BCUT2D eigenvalue weighted by Crippen LogP contribution is 2.25. The molecule has 3 N–H and O–H groups in total. The van der Waals surface area contributed by atoms with Crippen LogP contribution in [0.25, 0.3) is 0 Å². The number of aromatic carboxylic acids is 1. The molecule has 0 saturated carbocycles. The molecule has 0 spiro atoms. The largest absolute Gasteiger partial charge is 0.476 e. The molecule has 0 radical (unpaired) electrons. The van der Waals surface area contributed by atoms with Crippen LogP contribution in [0.1, 0.15) is 20.8 Å². The van der Waals surface area contributed by atoms with Gasteiger partial charge in [0.2, 0.25) is 0 Å². The number of nitrogens with zero attached hydrogens (tertiary/aromatic N) is 3. The number of nitrogens with one attached hydrogen (secondary N) is 2. The number of pyridine rings is 1. The van der Waals surface area contributed by atoms with Gasteiger partial charge in [0.25, 0.3) is 5.91 Å². The highest BCUT2D eigenvalue weighted by molar-refractivity contribution is 6.40. The number of carbonyl (C=O) groups excluding carboxylic acids is 1. The van der Waals surface area contributed by atoms with Gasteiger partial charge in [0, 0.05) is 18.0 Å². The number of anilines is 3. The van der Waals surface area contributed by atoms with E-state index in [1.54, 1.807) is 24.3 Å². The number of halogens is 2. The summed E-state index contributed by atoms with van der Waals surface area (Å²) >= 11 is 12.1. The molecule has 0 aliphatic carbocycles. The Morgan fingerprint density at radius 1 is 1.04 bits per heavy atom. The normalized spacial score (nSPS) is 10.3. The van der Waals surface area contributed by atoms with Gasteiger partial charge in [-0.15, -0.1) is 0 Å². The molecule has 0 unspecified atom stereocenters. The Kier molecular flexibility index (Phi) is 5.49. The van der Waals surface area contributed by atoms with Crippen LogP contribution in [0.2, 0.25) is 10.0 Å². The molecule has 0 atom stereocenters. The van der Waals surface area contributed by atoms with Gasteiger partial charge in [0.1, 0.15) is 5.82 Å². The first kappa shape index (κ1) is 18.6. The number of carbonyl (C=O) groups is 2. The molecule has 3 rings (SSSR count). The second-order valence-corrected chi connectivity index (χ2v) is 6.01. The van der Waals surface area contributed by atoms with Gasteiger partial charge in [0.15, 0.2) is 11.5 Å². The number of benzene rings is 1. The molecule has 0 aliphatic heterocycles. The fourth-order valence-electron chi connectivity index (χ4n) is 2.15. The summed E-state index contributed by atoms with van der Waals surface area (Å²) in [5.41, 5.74) is 0.376. The van der Waals surface area contributed by atoms with Crippen molar-refractivity contribution in [3.05, 3.63) is 70.2 Å². The molecule has 2 heterocycles. The van der Waals surface area contributed by atoms with E-state index in [0.717, 1.165) is 6.20 Å². The van der Waals surface area contributed by atoms with Crippen molar-refractivity contribution in [3.8, 4) is 0 Å². The lowest BCUT2D eigenvalue weighted by Crippen LogP contribution is -2.13. The van der Waals surface area contributed by atoms with Crippen molar-refractivity contribution < 1.29 is 14.7 Å². The Morgan fingerprint density at radius 2 is 1.78 bits per heavy atom. The van der Waals surface area contributed by atoms with Gasteiger partial charge in [-0.1, -0.05) is 29.3 Å². The summed E-state index contributed by atoms with van der Waals surface area (Å²) in [7, 11) is 0. The summed E-state index contributed by atoms with van der Waals surface area (Å²) in [6.45, 7) is 0. The Morgan fingerprint density at radius 3 is 2.48 bits per heavy atom. The van der Waals surface area contributed by atoms with E-state index in [1.807, 2.05) is 0 Å². The molecular formula is C17H11Cl2N5O3. The predicted molar refractivity (Wildman–Crippen MR) is 101 cm³/mol. The minimum Gasteiger partial charge on any atom is -0.476 e. The fraction of sp³-hybridized carbons (Fsp3) is 0. The zero-order chi connectivity index (χ0) is 19.4. The van der Waals surface area contributed by atoms with Crippen LogP contribution in [-0.4, -0.2) is 31.9 Å². The summed E-state index contributed by atoms with van der Waals surface area (Å²) in [5.74, 6) is -1.15. The molecule has 0 aliphatic rings. The third kappa shape index (κ3) is 4.49. The van der Waals surface area contributed by atoms with E-state index in [1.165, 1.54) is 18.5 Å². The first-order valence-corrected chi connectivity index (χ1v) is 8.23. The molecule has 10 heteroatoms. The highest BCUT2D eigenvalue weighted by Gasteiger charge is 2.15. The second kappa shape index (κ2) is 7.98. The molecule has 27 heavy (non-hydrogen) atoms. The average molecular weight is 404 g/mol. The van der Waals surface area contributed by atoms with Crippen LogP contribution in [0.15, 0.2) is 48.9 Å². The van der Waals surface area contributed by atoms with Gasteiger partial charge in [-0.2, -0.15) is 0 Å². The van der Waals surface area contributed by atoms with Crippen LogP contribution in [0, 0.1) is 0 Å². The average Bonchev–Trinajstić information content (AvgIpc) is 2.62. The third-order valence-electron chi connectivity index (χ3n) is 3.32. The minimum absolute atomic E-state index is 0.159. The van der Waals surface area contributed by atoms with Crippen LogP contribution in [0.4, 0.5) is 17.3 Å². The van der Waals surface area contributed by atoms with E-state index < -0.39 is 11.9 Å². The quantitative estimate of drug-likeness (QED) is 0.591. The van der Waals surface area contributed by atoms with Crippen LogP contribution < -0.4 is 10.6 Å². The second-order valence-electron chi connectivity index (χ2n) is 5.20. The molecular weight excluding hydrogens is 393 g/mol. The number of carboxylic acids is 1. The maximum absolute atomic E-state index is 12.4. The molecule has 2 aromatic heterocycles. The van der Waals surface area contributed by atoms with Gasteiger partial charge in [-0.25, -0.2) is 14.8 Å². The molecule has 0 fully saturated rings. The molecule has 8 nitrogen and oxygen atoms in total. The smallest absolute Gasteiger partial charge is 0.356 e. The first-order valence-electron chi connectivity index (χ1n) is 7.48. The fourth-order valence-corrected chi connectivity index (χ4v) is 2.71. The monoisotopic (exact) mass is 403 g/mol. The van der Waals surface area contributed by atoms with Crippen molar-refractivity contribution >= 4 is 52.4 Å². The van der Waals surface area contributed by atoms with Gasteiger partial charge in [-0.3, -0.25) is 9.78 Å². The molecule has 0 bridgehead atoms. The number of rotatable bonds is 5. The van der Waals surface area contributed by atoms with Crippen LogP contribution in [0.5, 0.6) is 0 Å². The van der Waals surface area contributed by atoms with E-state index in [0.29, 0.717) is 11.5 Å². The van der Waals surface area contributed by atoms with E-state index in [9.17, 15) is 9.59 Å². The van der Waals surface area contributed by atoms with Crippen molar-refractivity contribution in [2.24, 2.45) is 0 Å². The third-order valence-corrected chi connectivity index (χ3v) is 3.95. The minimum atomic E-state index is -1.20. The Hall–Kier alpha value is -3.23. The molecule has 0 saturated heterocycles. The summed E-state index contributed by atoms with van der Waals surface area (Å²) in [6.07, 6.45) is 3.94. The number of hydrogen-bond donors (Lipinski definition) is 3. The van der Waals surface area contributed by atoms with Crippen molar-refractivity contribution in [2.45, 2.75) is 0 Å². The van der Waals surface area contributed by atoms with Gasteiger partial charge in [-0.05, 0) is 18.2 Å². The summed E-state index contributed by atoms with van der Waals surface area (Å²) in [4.78, 5) is 35.2. The van der Waals surface area contributed by atoms with Crippen molar-refractivity contribution in [1.82, 2.24) is 15.0 Å². The topological polar surface area (TPSA) is 117 Å². The summed E-state index contributed by atoms with van der Waals surface area (Å²) in [6, 6.07) is 7.89. The van der Waals surface area contributed by atoms with Crippen LogP contribution >= 0.6 is 23.2 Å². The zero-order valence-corrected chi connectivity index (χ0v) is 15.0. The zero-order valence-electron chi connectivity index (χ0n) is 13.5. The summed E-state index contributed by atoms with van der Waals surface area (Å²) < 4.78 is 0. The van der Waals surface area contributed by atoms with Gasteiger partial charge >= 0.3 is 5.97 Å². The number of hydrogen-bond acceptors (Lipinski definition) is 6. The Bertz CT molecular complexity index is 1010. The van der Waals surface area contributed by atoms with E-state index in [2.05, 4.69) is 25.6 Å². The lowest BCUT2D eigenvalue weighted by atomic mass is 10.2. The Balaban J connectivity index is 1.79. The lowest BCUT2D eigenvalue weighted by molar-refractivity contribution is 0.0690. The highest BCUT2D eigenvalue weighted by atomic mass is 35.5. The van der Waals surface area contributed by atoms with Gasteiger partial charge in [0.05, 0.1) is 28.0 Å². The van der Waals surface area contributed by atoms with Crippen molar-refractivity contribution in [2.75, 3.05) is 10.6 Å². The standard InChI is InChI=1S/C17H11Cl2N5O3/c18-10-2-1-3-11(19)15(10)16(25)22-9-4-5-21-13(6-9)24-14-8-20-7-12(23-14)17(26)27/h1-8H,(H,26,27)(H2,21,22,23,24,25). The maximum atomic E-state index is 12.4. The lowest BCUT2D eigenvalue weighted by Gasteiger charge is -2.10. The predicted octanol–water partition coefficient (Wildman–Crippen LogP) is 3.87. The van der Waals surface area contributed by atoms with Gasteiger partial charge < -0.3 is 15.7 Å².